The van der Waals surface area contributed by atoms with Gasteiger partial charge in [0.1, 0.15) is 12.4 Å². The molecule has 0 aliphatic heterocycles. The van der Waals surface area contributed by atoms with Crippen molar-refractivity contribution in [3.8, 4) is 5.75 Å². The molecule has 1 N–H and O–H groups in total. The van der Waals surface area contributed by atoms with Crippen molar-refractivity contribution in [1.82, 2.24) is 5.32 Å². The minimum atomic E-state index is 0.372. The summed E-state index contributed by atoms with van der Waals surface area (Å²) in [6.07, 6.45) is 1.15. The Kier molecular flexibility index (Phi) is 6.96. The topological polar surface area (TPSA) is 21.3 Å². The summed E-state index contributed by atoms with van der Waals surface area (Å²) in [6, 6.07) is 6.71. The van der Waals surface area contributed by atoms with Crippen molar-refractivity contribution in [3.05, 3.63) is 40.4 Å². The minimum absolute atomic E-state index is 0.372. The van der Waals surface area contributed by atoms with Crippen LogP contribution >= 0.6 is 11.6 Å². The predicted octanol–water partition coefficient (Wildman–Crippen LogP) is 4.58. The normalized spacial score (nSPS) is 13.4. The standard InChI is InChI=1S/C16H24ClNO/c1-5-8-18-14(4)15-6-7-16(13(3)9-15)19-11-12(2)10-17/h6-7,9-10,14,18H,5,8,11H2,1-4H3/b12-10+. The Morgan fingerprint density at radius 2 is 2.21 bits per heavy atom. The Morgan fingerprint density at radius 1 is 1.47 bits per heavy atom. The van der Waals surface area contributed by atoms with E-state index < -0.39 is 0 Å². The highest BCUT2D eigenvalue weighted by atomic mass is 35.5. The average molecular weight is 282 g/mol. The summed E-state index contributed by atoms with van der Waals surface area (Å²) < 4.78 is 5.73. The molecule has 19 heavy (non-hydrogen) atoms. The van der Waals surface area contributed by atoms with Crippen molar-refractivity contribution in [2.75, 3.05) is 13.2 Å². The van der Waals surface area contributed by atoms with Crippen LogP contribution in [0.1, 0.15) is 44.4 Å². The average Bonchev–Trinajstić information content (AvgIpc) is 2.42. The van der Waals surface area contributed by atoms with E-state index in [4.69, 9.17) is 16.3 Å². The second-order valence-electron chi connectivity index (χ2n) is 4.94. The Bertz CT molecular complexity index is 429. The summed E-state index contributed by atoms with van der Waals surface area (Å²) in [7, 11) is 0. The van der Waals surface area contributed by atoms with Crippen LogP contribution in [0.3, 0.4) is 0 Å². The van der Waals surface area contributed by atoms with Gasteiger partial charge in [0, 0.05) is 11.6 Å². The van der Waals surface area contributed by atoms with Gasteiger partial charge in [-0.1, -0.05) is 30.7 Å². The van der Waals surface area contributed by atoms with E-state index in [0.29, 0.717) is 12.6 Å². The largest absolute Gasteiger partial charge is 0.489 e. The summed E-state index contributed by atoms with van der Waals surface area (Å²) >= 11 is 5.62. The third kappa shape index (κ3) is 5.25. The van der Waals surface area contributed by atoms with Crippen molar-refractivity contribution in [2.24, 2.45) is 0 Å². The molecule has 1 aromatic carbocycles. The van der Waals surface area contributed by atoms with Crippen molar-refractivity contribution < 1.29 is 4.74 Å². The molecule has 0 heterocycles. The van der Waals surface area contributed by atoms with Gasteiger partial charge in [-0.3, -0.25) is 0 Å². The molecule has 1 rings (SSSR count). The monoisotopic (exact) mass is 281 g/mol. The first-order valence-electron chi connectivity index (χ1n) is 6.81. The van der Waals surface area contributed by atoms with Gasteiger partial charge < -0.3 is 10.1 Å². The molecule has 2 nitrogen and oxygen atoms in total. The lowest BCUT2D eigenvalue weighted by molar-refractivity contribution is 0.349. The highest BCUT2D eigenvalue weighted by Crippen LogP contribution is 2.23. The van der Waals surface area contributed by atoms with Gasteiger partial charge in [-0.2, -0.15) is 0 Å². The van der Waals surface area contributed by atoms with E-state index >= 15 is 0 Å². The molecule has 0 aromatic heterocycles. The second kappa shape index (κ2) is 8.23. The minimum Gasteiger partial charge on any atom is -0.489 e. The summed E-state index contributed by atoms with van der Waals surface area (Å²) in [5, 5.41) is 3.49. The van der Waals surface area contributed by atoms with Gasteiger partial charge in [0.25, 0.3) is 0 Å². The molecular formula is C16H24ClNO. The van der Waals surface area contributed by atoms with Gasteiger partial charge in [0.2, 0.25) is 0 Å². The van der Waals surface area contributed by atoms with Crippen molar-refractivity contribution >= 4 is 11.6 Å². The van der Waals surface area contributed by atoms with Crippen LogP contribution in [0.2, 0.25) is 0 Å². The Balaban J connectivity index is 2.68. The summed E-state index contributed by atoms with van der Waals surface area (Å²) in [4.78, 5) is 0. The van der Waals surface area contributed by atoms with Gasteiger partial charge in [0.15, 0.2) is 0 Å². The van der Waals surface area contributed by atoms with Gasteiger partial charge in [-0.05, 0) is 56.5 Å². The van der Waals surface area contributed by atoms with E-state index in [1.807, 2.05) is 13.0 Å². The summed E-state index contributed by atoms with van der Waals surface area (Å²) in [6.45, 7) is 9.96. The first kappa shape index (κ1) is 16.1. The smallest absolute Gasteiger partial charge is 0.122 e. The number of benzene rings is 1. The summed E-state index contributed by atoms with van der Waals surface area (Å²) in [5.41, 5.74) is 5.02. The van der Waals surface area contributed by atoms with E-state index in [0.717, 1.165) is 29.9 Å². The second-order valence-corrected chi connectivity index (χ2v) is 5.16. The van der Waals surface area contributed by atoms with E-state index in [9.17, 15) is 0 Å². The highest BCUT2D eigenvalue weighted by molar-refractivity contribution is 6.25. The maximum Gasteiger partial charge on any atom is 0.122 e. The molecule has 0 aliphatic rings. The molecule has 1 unspecified atom stereocenters. The molecule has 0 radical (unpaired) electrons. The highest BCUT2D eigenvalue weighted by Gasteiger charge is 2.07. The van der Waals surface area contributed by atoms with Crippen LogP contribution in [0.15, 0.2) is 29.3 Å². The molecule has 1 atom stereocenters. The number of nitrogens with one attached hydrogen (secondary N) is 1. The van der Waals surface area contributed by atoms with Gasteiger partial charge in [0.05, 0.1) is 0 Å². The third-order valence-corrected chi connectivity index (χ3v) is 3.41. The van der Waals surface area contributed by atoms with Crippen LogP contribution in [0, 0.1) is 6.92 Å². The molecule has 0 bridgehead atoms. The number of rotatable bonds is 7. The Labute approximate surface area is 121 Å². The fraction of sp³-hybridized carbons (Fsp3) is 0.500. The molecule has 0 saturated heterocycles. The molecule has 106 valence electrons. The lowest BCUT2D eigenvalue weighted by Gasteiger charge is -2.16. The number of aryl methyl sites for hydroxylation is 1. The zero-order chi connectivity index (χ0) is 14.3. The number of hydrogen-bond donors (Lipinski definition) is 1. The fourth-order valence-electron chi connectivity index (χ4n) is 1.81. The molecule has 0 spiro atoms. The van der Waals surface area contributed by atoms with Crippen LogP contribution in [-0.2, 0) is 0 Å². The van der Waals surface area contributed by atoms with Gasteiger partial charge in [-0.15, -0.1) is 0 Å². The van der Waals surface area contributed by atoms with E-state index in [1.54, 1.807) is 5.54 Å². The quantitative estimate of drug-likeness (QED) is 0.790. The molecular weight excluding hydrogens is 258 g/mol. The Morgan fingerprint density at radius 3 is 2.79 bits per heavy atom. The maximum atomic E-state index is 5.73. The maximum absolute atomic E-state index is 5.73. The van der Waals surface area contributed by atoms with E-state index in [2.05, 4.69) is 38.2 Å². The zero-order valence-corrected chi connectivity index (χ0v) is 13.1. The summed E-state index contributed by atoms with van der Waals surface area (Å²) in [5.74, 6) is 0.921. The molecule has 3 heteroatoms. The third-order valence-electron chi connectivity index (χ3n) is 3.04. The van der Waals surface area contributed by atoms with Gasteiger partial charge in [-0.25, -0.2) is 0 Å². The molecule has 0 saturated carbocycles. The van der Waals surface area contributed by atoms with Gasteiger partial charge >= 0.3 is 0 Å². The van der Waals surface area contributed by atoms with Crippen LogP contribution < -0.4 is 10.1 Å². The number of hydrogen-bond acceptors (Lipinski definition) is 2. The SMILES string of the molecule is CCCNC(C)c1ccc(OC/C(C)=C/Cl)c(C)c1. The number of ether oxygens (including phenoxy) is 1. The predicted molar refractivity (Wildman–Crippen MR) is 83.0 cm³/mol. The van der Waals surface area contributed by atoms with Crippen LogP contribution in [-0.4, -0.2) is 13.2 Å². The van der Waals surface area contributed by atoms with Crippen molar-refractivity contribution in [3.63, 3.8) is 0 Å². The first-order chi connectivity index (χ1) is 9.08. The fourth-order valence-corrected chi connectivity index (χ4v) is 1.87. The zero-order valence-electron chi connectivity index (χ0n) is 12.3. The van der Waals surface area contributed by atoms with Crippen LogP contribution in [0.5, 0.6) is 5.75 Å². The lowest BCUT2D eigenvalue weighted by Crippen LogP contribution is -2.19. The van der Waals surface area contributed by atoms with E-state index in [1.165, 1.54) is 5.56 Å². The number of halogens is 1. The van der Waals surface area contributed by atoms with Crippen molar-refractivity contribution in [1.29, 1.82) is 0 Å². The molecule has 0 fully saturated rings. The molecule has 0 aliphatic carbocycles. The first-order valence-corrected chi connectivity index (χ1v) is 7.24. The van der Waals surface area contributed by atoms with Crippen LogP contribution in [0.4, 0.5) is 0 Å². The lowest BCUT2D eigenvalue weighted by atomic mass is 10.0. The molecule has 1 aromatic rings. The van der Waals surface area contributed by atoms with Crippen LogP contribution in [0.25, 0.3) is 0 Å². The van der Waals surface area contributed by atoms with Crippen molar-refractivity contribution in [2.45, 2.75) is 40.2 Å². The molecule has 0 amide bonds. The van der Waals surface area contributed by atoms with E-state index in [-0.39, 0.29) is 0 Å². The Hall–Kier alpha value is -0.990.